The van der Waals surface area contributed by atoms with Gasteiger partial charge in [-0.15, -0.1) is 0 Å². The summed E-state index contributed by atoms with van der Waals surface area (Å²) in [6.45, 7) is 6.04. The Labute approximate surface area is 178 Å². The molecule has 0 spiro atoms. The number of benzene rings is 1. The van der Waals surface area contributed by atoms with Crippen molar-refractivity contribution in [3.63, 3.8) is 0 Å². The van der Waals surface area contributed by atoms with Gasteiger partial charge in [-0.2, -0.15) is 9.40 Å². The van der Waals surface area contributed by atoms with Crippen LogP contribution in [-0.2, 0) is 21.3 Å². The van der Waals surface area contributed by atoms with E-state index in [0.29, 0.717) is 54.6 Å². The monoisotopic (exact) mass is 434 g/mol. The second kappa shape index (κ2) is 9.72. The molecular weight excluding hydrogens is 404 g/mol. The number of methoxy groups -OCH3 is 1. The van der Waals surface area contributed by atoms with Crippen LogP contribution in [0.15, 0.2) is 29.2 Å². The first-order chi connectivity index (χ1) is 14.3. The lowest BCUT2D eigenvalue weighted by molar-refractivity contribution is 0.0937. The highest BCUT2D eigenvalue weighted by Gasteiger charge is 2.31. The number of nitrogens with one attached hydrogen (secondary N) is 1. The molecule has 2 aromatic rings. The van der Waals surface area contributed by atoms with Crippen molar-refractivity contribution in [2.45, 2.75) is 44.6 Å². The van der Waals surface area contributed by atoms with E-state index in [1.807, 2.05) is 12.1 Å². The van der Waals surface area contributed by atoms with E-state index in [9.17, 15) is 13.2 Å². The van der Waals surface area contributed by atoms with Crippen LogP contribution in [0.1, 0.15) is 46.6 Å². The first kappa shape index (κ1) is 22.5. The highest BCUT2D eigenvalue weighted by molar-refractivity contribution is 7.89. The number of amides is 1. The Balaban J connectivity index is 1.75. The Bertz CT molecular complexity index is 977. The van der Waals surface area contributed by atoms with E-state index in [1.165, 1.54) is 0 Å². The molecule has 1 fully saturated rings. The zero-order chi connectivity index (χ0) is 21.7. The first-order valence-corrected chi connectivity index (χ1v) is 11.7. The van der Waals surface area contributed by atoms with Crippen LogP contribution in [0.25, 0.3) is 0 Å². The number of hydrogen-bond donors (Lipinski definition) is 1. The number of hydrogen-bond acceptors (Lipinski definition) is 5. The molecule has 1 aliphatic rings. The van der Waals surface area contributed by atoms with Crippen molar-refractivity contribution in [2.24, 2.45) is 0 Å². The van der Waals surface area contributed by atoms with Crippen molar-refractivity contribution in [1.29, 1.82) is 0 Å². The molecule has 1 amide bonds. The summed E-state index contributed by atoms with van der Waals surface area (Å²) in [5.74, 6) is -0.153. The topological polar surface area (TPSA) is 93.5 Å². The molecule has 0 saturated carbocycles. The van der Waals surface area contributed by atoms with Gasteiger partial charge in [-0.1, -0.05) is 18.6 Å². The molecule has 0 unspecified atom stereocenters. The maximum atomic E-state index is 13.1. The van der Waals surface area contributed by atoms with Crippen molar-refractivity contribution >= 4 is 15.9 Å². The fourth-order valence-corrected chi connectivity index (χ4v) is 5.64. The van der Waals surface area contributed by atoms with Gasteiger partial charge < -0.3 is 10.1 Å². The van der Waals surface area contributed by atoms with Crippen LogP contribution in [0.4, 0.5) is 0 Å². The van der Waals surface area contributed by atoms with Crippen molar-refractivity contribution in [2.75, 3.05) is 33.4 Å². The normalized spacial score (nSPS) is 15.3. The maximum absolute atomic E-state index is 13.1. The number of carbonyl (C=O) groups is 1. The molecule has 0 bridgehead atoms. The summed E-state index contributed by atoms with van der Waals surface area (Å²) >= 11 is 0. The second-order valence-corrected chi connectivity index (χ2v) is 9.44. The van der Waals surface area contributed by atoms with Crippen molar-refractivity contribution in [1.82, 2.24) is 19.4 Å². The fourth-order valence-electron chi connectivity index (χ4n) is 3.75. The number of aromatic nitrogens is 2. The highest BCUT2D eigenvalue weighted by Crippen LogP contribution is 2.26. The minimum atomic E-state index is -3.54. The van der Waals surface area contributed by atoms with E-state index in [1.54, 1.807) is 42.1 Å². The molecular formula is C21H30N4O4S. The molecule has 0 atom stereocenters. The fraction of sp³-hybridized carbons (Fsp3) is 0.524. The molecule has 0 radical (unpaired) electrons. The summed E-state index contributed by atoms with van der Waals surface area (Å²) in [4.78, 5) is 12.4. The molecule has 164 valence electrons. The van der Waals surface area contributed by atoms with Gasteiger partial charge >= 0.3 is 0 Å². The Hall–Kier alpha value is -2.23. The van der Waals surface area contributed by atoms with Gasteiger partial charge in [0.05, 0.1) is 24.5 Å². The van der Waals surface area contributed by atoms with Gasteiger partial charge in [0, 0.05) is 32.3 Å². The van der Waals surface area contributed by atoms with Crippen LogP contribution in [0.3, 0.4) is 0 Å². The minimum absolute atomic E-state index is 0.153. The molecule has 0 aliphatic carbocycles. The Morgan fingerprint density at radius 3 is 2.43 bits per heavy atom. The third-order valence-electron chi connectivity index (χ3n) is 5.37. The molecule has 1 aliphatic heterocycles. The predicted molar refractivity (Wildman–Crippen MR) is 114 cm³/mol. The number of ether oxygens (including phenoxy) is 1. The first-order valence-electron chi connectivity index (χ1n) is 10.2. The van der Waals surface area contributed by atoms with E-state index in [4.69, 9.17) is 4.74 Å². The number of carbonyl (C=O) groups excluding carboxylic acids is 1. The second-order valence-electron chi connectivity index (χ2n) is 7.57. The van der Waals surface area contributed by atoms with Crippen molar-refractivity contribution in [3.8, 4) is 0 Å². The molecule has 8 nitrogen and oxygen atoms in total. The van der Waals surface area contributed by atoms with Crippen molar-refractivity contribution < 1.29 is 17.9 Å². The number of aryl methyl sites for hydroxylation is 1. The van der Waals surface area contributed by atoms with Crippen molar-refractivity contribution in [3.05, 3.63) is 46.8 Å². The van der Waals surface area contributed by atoms with Gasteiger partial charge in [-0.05, 0) is 44.4 Å². The lowest BCUT2D eigenvalue weighted by atomic mass is 10.1. The molecule has 3 rings (SSSR count). The van der Waals surface area contributed by atoms with E-state index in [-0.39, 0.29) is 5.91 Å². The van der Waals surface area contributed by atoms with Crippen LogP contribution in [0.2, 0.25) is 0 Å². The molecule has 2 heterocycles. The predicted octanol–water partition coefficient (Wildman–Crippen LogP) is 2.10. The largest absolute Gasteiger partial charge is 0.383 e. The third kappa shape index (κ3) is 4.91. The molecule has 1 aromatic carbocycles. The van der Waals surface area contributed by atoms with Gasteiger partial charge in [0.15, 0.2) is 0 Å². The number of piperidine rings is 1. The summed E-state index contributed by atoms with van der Waals surface area (Å²) in [6, 6.07) is 7.24. The average molecular weight is 435 g/mol. The van der Waals surface area contributed by atoms with Crippen LogP contribution >= 0.6 is 0 Å². The lowest BCUT2D eigenvalue weighted by Gasteiger charge is -2.26. The summed E-state index contributed by atoms with van der Waals surface area (Å²) in [7, 11) is -1.95. The van der Waals surface area contributed by atoms with E-state index in [2.05, 4.69) is 10.4 Å². The number of nitrogens with zero attached hydrogens (tertiary/aromatic N) is 3. The minimum Gasteiger partial charge on any atom is -0.383 e. The standard InChI is InChI=1S/C21H30N4O4S/c1-16-20(30(27,28)24-12-5-4-6-13-24)17(2)25(23-16)15-18-7-9-19(10-8-18)21(26)22-11-14-29-3/h7-10H,4-6,11-15H2,1-3H3,(H,22,26). The Morgan fingerprint density at radius 2 is 1.80 bits per heavy atom. The summed E-state index contributed by atoms with van der Waals surface area (Å²) < 4.78 is 34.5. The van der Waals surface area contributed by atoms with Gasteiger partial charge in [0.2, 0.25) is 10.0 Å². The van der Waals surface area contributed by atoms with Crippen LogP contribution in [-0.4, -0.2) is 61.8 Å². The smallest absolute Gasteiger partial charge is 0.251 e. The highest BCUT2D eigenvalue weighted by atomic mass is 32.2. The number of rotatable bonds is 8. The third-order valence-corrected chi connectivity index (χ3v) is 7.52. The molecule has 9 heteroatoms. The molecule has 30 heavy (non-hydrogen) atoms. The molecule has 1 saturated heterocycles. The SMILES string of the molecule is COCCNC(=O)c1ccc(Cn2nc(C)c(S(=O)(=O)N3CCCCC3)c2C)cc1. The zero-order valence-corrected chi connectivity index (χ0v) is 18.7. The number of sulfonamides is 1. The lowest BCUT2D eigenvalue weighted by Crippen LogP contribution is -2.36. The van der Waals surface area contributed by atoms with Crippen LogP contribution in [0, 0.1) is 13.8 Å². The van der Waals surface area contributed by atoms with Gasteiger partial charge in [0.1, 0.15) is 4.90 Å². The average Bonchev–Trinajstić information content (AvgIpc) is 3.02. The quantitative estimate of drug-likeness (QED) is 0.642. The molecule has 1 N–H and O–H groups in total. The Kier molecular flexibility index (Phi) is 7.27. The summed E-state index contributed by atoms with van der Waals surface area (Å²) in [5.41, 5.74) is 2.67. The van der Waals surface area contributed by atoms with Gasteiger partial charge in [-0.3, -0.25) is 9.48 Å². The zero-order valence-electron chi connectivity index (χ0n) is 17.8. The van der Waals surface area contributed by atoms with E-state index >= 15 is 0 Å². The Morgan fingerprint density at radius 1 is 1.13 bits per heavy atom. The summed E-state index contributed by atoms with van der Waals surface area (Å²) in [5, 5.41) is 7.28. The van der Waals surface area contributed by atoms with Gasteiger partial charge in [-0.25, -0.2) is 8.42 Å². The van der Waals surface area contributed by atoms with E-state index < -0.39 is 10.0 Å². The van der Waals surface area contributed by atoms with Crippen LogP contribution < -0.4 is 5.32 Å². The summed E-state index contributed by atoms with van der Waals surface area (Å²) in [6.07, 6.45) is 2.87. The molecule has 1 aromatic heterocycles. The van der Waals surface area contributed by atoms with E-state index in [0.717, 1.165) is 24.8 Å². The van der Waals surface area contributed by atoms with Crippen LogP contribution in [0.5, 0.6) is 0 Å². The van der Waals surface area contributed by atoms with Gasteiger partial charge in [0.25, 0.3) is 5.91 Å². The maximum Gasteiger partial charge on any atom is 0.251 e.